The highest BCUT2D eigenvalue weighted by molar-refractivity contribution is 7.99. The number of rotatable bonds is 10. The van der Waals surface area contributed by atoms with E-state index in [2.05, 4.69) is 15.5 Å². The molecule has 0 spiro atoms. The maximum atomic E-state index is 13.2. The SMILES string of the molecule is NC(=O)CCN(C(=O)CSc1nnnn1CCc1cccs1)c1ccc(F)cc1. The van der Waals surface area contributed by atoms with Crippen molar-refractivity contribution in [3.05, 3.63) is 52.5 Å². The van der Waals surface area contributed by atoms with Crippen LogP contribution in [0.15, 0.2) is 46.9 Å². The lowest BCUT2D eigenvalue weighted by Crippen LogP contribution is -2.35. The van der Waals surface area contributed by atoms with Gasteiger partial charge in [0.05, 0.1) is 12.3 Å². The molecule has 0 bridgehead atoms. The van der Waals surface area contributed by atoms with Crippen molar-refractivity contribution < 1.29 is 14.0 Å². The van der Waals surface area contributed by atoms with Gasteiger partial charge in [-0.2, -0.15) is 0 Å². The number of carbonyl (C=O) groups is 2. The molecule has 0 aliphatic carbocycles. The molecule has 0 fully saturated rings. The highest BCUT2D eigenvalue weighted by atomic mass is 32.2. The molecule has 0 saturated carbocycles. The number of tetrazole rings is 1. The minimum atomic E-state index is -0.518. The molecule has 0 radical (unpaired) electrons. The van der Waals surface area contributed by atoms with Crippen molar-refractivity contribution in [2.45, 2.75) is 24.5 Å². The third-order valence-electron chi connectivity index (χ3n) is 4.00. The Morgan fingerprint density at radius 1 is 1.24 bits per heavy atom. The molecule has 0 atom stereocenters. The summed E-state index contributed by atoms with van der Waals surface area (Å²) in [6.45, 7) is 0.719. The summed E-state index contributed by atoms with van der Waals surface area (Å²) in [4.78, 5) is 26.6. The Kier molecular flexibility index (Phi) is 7.30. The Hall–Kier alpha value is -2.79. The predicted octanol–water partition coefficient (Wildman–Crippen LogP) is 2.12. The number of primary amides is 1. The first-order valence-electron chi connectivity index (χ1n) is 8.78. The number of amides is 2. The van der Waals surface area contributed by atoms with Crippen LogP contribution in [0.1, 0.15) is 11.3 Å². The van der Waals surface area contributed by atoms with Crippen LogP contribution in [-0.4, -0.2) is 44.3 Å². The Bertz CT molecular complexity index is 946. The maximum absolute atomic E-state index is 13.2. The van der Waals surface area contributed by atoms with Crippen LogP contribution in [0, 0.1) is 5.82 Å². The number of hydrogen-bond acceptors (Lipinski definition) is 7. The second kappa shape index (κ2) is 10.1. The van der Waals surface area contributed by atoms with Crippen LogP contribution in [0.3, 0.4) is 0 Å². The van der Waals surface area contributed by atoms with Gasteiger partial charge >= 0.3 is 0 Å². The molecule has 0 aliphatic heterocycles. The van der Waals surface area contributed by atoms with Crippen LogP contribution in [0.5, 0.6) is 0 Å². The zero-order valence-corrected chi connectivity index (χ0v) is 17.0. The normalized spacial score (nSPS) is 10.8. The Morgan fingerprint density at radius 2 is 2.03 bits per heavy atom. The summed E-state index contributed by atoms with van der Waals surface area (Å²) < 4.78 is 14.9. The number of benzene rings is 1. The van der Waals surface area contributed by atoms with Gasteiger partial charge in [-0.3, -0.25) is 9.59 Å². The number of nitrogens with zero attached hydrogens (tertiary/aromatic N) is 5. The number of thioether (sulfide) groups is 1. The molecular weight excluding hydrogens is 415 g/mol. The summed E-state index contributed by atoms with van der Waals surface area (Å²) in [6, 6.07) is 9.54. The summed E-state index contributed by atoms with van der Waals surface area (Å²) in [6.07, 6.45) is 0.802. The number of halogens is 1. The van der Waals surface area contributed by atoms with Crippen molar-refractivity contribution in [3.63, 3.8) is 0 Å². The molecule has 152 valence electrons. The van der Waals surface area contributed by atoms with Crippen molar-refractivity contribution in [1.29, 1.82) is 0 Å². The average molecular weight is 435 g/mol. The molecule has 3 rings (SSSR count). The monoisotopic (exact) mass is 434 g/mol. The third kappa shape index (κ3) is 6.09. The highest BCUT2D eigenvalue weighted by Gasteiger charge is 2.19. The van der Waals surface area contributed by atoms with Gasteiger partial charge in [0.25, 0.3) is 0 Å². The summed E-state index contributed by atoms with van der Waals surface area (Å²) in [7, 11) is 0. The van der Waals surface area contributed by atoms with Gasteiger partial charge in [0.15, 0.2) is 0 Å². The molecule has 2 amide bonds. The number of hydrogen-bond donors (Lipinski definition) is 1. The van der Waals surface area contributed by atoms with Gasteiger partial charge in [0.2, 0.25) is 17.0 Å². The number of nitrogens with two attached hydrogens (primary N) is 1. The number of carbonyl (C=O) groups excluding carboxylic acids is 2. The first-order valence-corrected chi connectivity index (χ1v) is 10.6. The number of aromatic nitrogens is 4. The lowest BCUT2D eigenvalue weighted by atomic mass is 10.2. The van der Waals surface area contributed by atoms with Crippen LogP contribution in [0.4, 0.5) is 10.1 Å². The Labute approximate surface area is 174 Å². The molecule has 11 heteroatoms. The van der Waals surface area contributed by atoms with Gasteiger partial charge in [0.1, 0.15) is 5.82 Å². The van der Waals surface area contributed by atoms with E-state index in [1.165, 1.54) is 45.8 Å². The molecule has 0 saturated heterocycles. The van der Waals surface area contributed by atoms with Crippen molar-refractivity contribution in [1.82, 2.24) is 20.2 Å². The second-order valence-electron chi connectivity index (χ2n) is 6.04. The first-order chi connectivity index (χ1) is 14.0. The molecule has 8 nitrogen and oxygen atoms in total. The smallest absolute Gasteiger partial charge is 0.237 e. The maximum Gasteiger partial charge on any atom is 0.237 e. The zero-order valence-electron chi connectivity index (χ0n) is 15.4. The number of aryl methyl sites for hydroxylation is 2. The zero-order chi connectivity index (χ0) is 20.6. The van der Waals surface area contributed by atoms with Crippen LogP contribution in [-0.2, 0) is 22.6 Å². The average Bonchev–Trinajstić information content (AvgIpc) is 3.37. The summed E-state index contributed by atoms with van der Waals surface area (Å²) in [5.74, 6) is -1.11. The summed E-state index contributed by atoms with van der Waals surface area (Å²) >= 11 is 2.87. The molecule has 29 heavy (non-hydrogen) atoms. The van der Waals surface area contributed by atoms with Gasteiger partial charge in [-0.15, -0.1) is 16.4 Å². The quantitative estimate of drug-likeness (QED) is 0.490. The standard InChI is InChI=1S/C18H19FN6O2S2/c19-13-3-5-14(6-4-13)24(9-8-16(20)26)17(27)12-29-18-21-22-23-25(18)10-7-15-2-1-11-28-15/h1-6,11H,7-10,12H2,(H2,20,26). The Balaban J connectivity index is 1.63. The number of anilines is 1. The van der Waals surface area contributed by atoms with E-state index in [0.717, 1.165) is 6.42 Å². The van der Waals surface area contributed by atoms with Gasteiger partial charge in [-0.05, 0) is 46.1 Å². The molecular formula is C18H19FN6O2S2. The minimum absolute atomic E-state index is 0.00628. The van der Waals surface area contributed by atoms with Gasteiger partial charge in [-0.25, -0.2) is 9.07 Å². The Morgan fingerprint density at radius 3 is 2.72 bits per heavy atom. The first kappa shape index (κ1) is 20.9. The molecule has 3 aromatic rings. The van der Waals surface area contributed by atoms with E-state index in [4.69, 9.17) is 5.73 Å². The van der Waals surface area contributed by atoms with Crippen LogP contribution >= 0.6 is 23.1 Å². The van der Waals surface area contributed by atoms with Crippen molar-refractivity contribution in [3.8, 4) is 0 Å². The van der Waals surface area contributed by atoms with E-state index in [1.807, 2.05) is 17.5 Å². The fourth-order valence-electron chi connectivity index (χ4n) is 2.56. The lowest BCUT2D eigenvalue weighted by molar-refractivity contribution is -0.118. The van der Waals surface area contributed by atoms with Crippen molar-refractivity contribution in [2.75, 3.05) is 17.2 Å². The number of thiophene rings is 1. The van der Waals surface area contributed by atoms with Crippen molar-refractivity contribution in [2.24, 2.45) is 5.73 Å². The van der Waals surface area contributed by atoms with Crippen molar-refractivity contribution >= 4 is 40.6 Å². The van der Waals surface area contributed by atoms with E-state index in [-0.39, 0.29) is 24.6 Å². The third-order valence-corrected chi connectivity index (χ3v) is 5.87. The van der Waals surface area contributed by atoms with Gasteiger partial charge in [0, 0.05) is 30.0 Å². The van der Waals surface area contributed by atoms with Crippen LogP contribution in [0.25, 0.3) is 0 Å². The fraction of sp³-hybridized carbons (Fsp3) is 0.278. The van der Waals surface area contributed by atoms with Gasteiger partial charge in [-0.1, -0.05) is 17.8 Å². The lowest BCUT2D eigenvalue weighted by Gasteiger charge is -2.22. The van der Waals surface area contributed by atoms with E-state index in [1.54, 1.807) is 16.0 Å². The topological polar surface area (TPSA) is 107 Å². The van der Waals surface area contributed by atoms with E-state index < -0.39 is 11.7 Å². The molecule has 0 unspecified atom stereocenters. The van der Waals surface area contributed by atoms with E-state index in [0.29, 0.717) is 17.4 Å². The predicted molar refractivity (Wildman–Crippen MR) is 109 cm³/mol. The molecule has 2 N–H and O–H groups in total. The molecule has 2 heterocycles. The van der Waals surface area contributed by atoms with Gasteiger partial charge < -0.3 is 10.6 Å². The molecule has 2 aromatic heterocycles. The van der Waals surface area contributed by atoms with Crippen LogP contribution < -0.4 is 10.6 Å². The second-order valence-corrected chi connectivity index (χ2v) is 8.02. The largest absolute Gasteiger partial charge is 0.370 e. The summed E-state index contributed by atoms with van der Waals surface area (Å²) in [5.41, 5.74) is 5.71. The minimum Gasteiger partial charge on any atom is -0.370 e. The van der Waals surface area contributed by atoms with Crippen LogP contribution in [0.2, 0.25) is 0 Å². The molecule has 0 aliphatic rings. The fourth-order valence-corrected chi connectivity index (χ4v) is 4.03. The summed E-state index contributed by atoms with van der Waals surface area (Å²) in [5, 5.41) is 14.2. The highest BCUT2D eigenvalue weighted by Crippen LogP contribution is 2.20. The van der Waals surface area contributed by atoms with E-state index in [9.17, 15) is 14.0 Å². The molecule has 1 aromatic carbocycles. The van der Waals surface area contributed by atoms with E-state index >= 15 is 0 Å².